The van der Waals surface area contributed by atoms with Crippen LogP contribution in [0.25, 0.3) is 10.9 Å². The smallest absolute Gasteiger partial charge is 0.0460 e. The number of fused-ring (bicyclic) bond motifs is 3. The molecule has 1 aromatic carbocycles. The molecule has 1 aliphatic carbocycles. The number of hydrogen-bond acceptors (Lipinski definition) is 1. The number of aryl methyl sites for hydroxylation is 1. The highest BCUT2D eigenvalue weighted by Crippen LogP contribution is 2.35. The summed E-state index contributed by atoms with van der Waals surface area (Å²) in [5.41, 5.74) is 4.18. The Kier molecular flexibility index (Phi) is 2.97. The molecule has 2 aromatic rings. The third-order valence-corrected chi connectivity index (χ3v) is 4.24. The normalized spacial score (nSPS) is 20.2. The van der Waals surface area contributed by atoms with Crippen molar-refractivity contribution in [1.29, 1.82) is 0 Å². The molecule has 90 valence electrons. The quantitative estimate of drug-likeness (QED) is 0.766. The highest BCUT2D eigenvalue weighted by molar-refractivity contribution is 9.10. The van der Waals surface area contributed by atoms with Crippen molar-refractivity contribution < 1.29 is 0 Å². The largest absolute Gasteiger partial charge is 0.358 e. The van der Waals surface area contributed by atoms with Gasteiger partial charge in [-0.25, -0.2) is 0 Å². The molecular formula is C14H17BrN2. The minimum atomic E-state index is 0.496. The summed E-state index contributed by atoms with van der Waals surface area (Å²) in [7, 11) is 2.07. The average molecular weight is 293 g/mol. The van der Waals surface area contributed by atoms with E-state index in [0.29, 0.717) is 6.04 Å². The molecule has 3 heteroatoms. The van der Waals surface area contributed by atoms with E-state index in [9.17, 15) is 0 Å². The Hall–Kier alpha value is -0.800. The Labute approximate surface area is 110 Å². The fraction of sp³-hybridized carbons (Fsp3) is 0.429. The van der Waals surface area contributed by atoms with Crippen LogP contribution in [0.4, 0.5) is 0 Å². The monoisotopic (exact) mass is 292 g/mol. The number of hydrogen-bond donors (Lipinski definition) is 2. The molecule has 2 nitrogen and oxygen atoms in total. The Morgan fingerprint density at radius 3 is 3.06 bits per heavy atom. The summed E-state index contributed by atoms with van der Waals surface area (Å²) in [5.74, 6) is 0. The van der Waals surface area contributed by atoms with E-state index in [2.05, 4.69) is 51.5 Å². The van der Waals surface area contributed by atoms with Gasteiger partial charge in [-0.05, 0) is 50.1 Å². The molecule has 3 rings (SSSR count). The van der Waals surface area contributed by atoms with Crippen LogP contribution in [0.1, 0.15) is 36.6 Å². The Balaban J connectivity index is 2.24. The number of rotatable bonds is 1. The molecular weight excluding hydrogens is 276 g/mol. The fourth-order valence-corrected chi connectivity index (χ4v) is 3.28. The van der Waals surface area contributed by atoms with Gasteiger partial charge >= 0.3 is 0 Å². The number of nitrogens with one attached hydrogen (secondary N) is 2. The van der Waals surface area contributed by atoms with Gasteiger partial charge < -0.3 is 10.3 Å². The van der Waals surface area contributed by atoms with Crippen molar-refractivity contribution in [2.24, 2.45) is 0 Å². The van der Waals surface area contributed by atoms with E-state index in [4.69, 9.17) is 0 Å². The average Bonchev–Trinajstić information content (AvgIpc) is 2.55. The summed E-state index contributed by atoms with van der Waals surface area (Å²) in [6, 6.07) is 7.00. The lowest BCUT2D eigenvalue weighted by Crippen LogP contribution is -2.15. The number of aromatic nitrogens is 1. The van der Waals surface area contributed by atoms with Crippen molar-refractivity contribution in [3.8, 4) is 0 Å². The second kappa shape index (κ2) is 4.46. The topological polar surface area (TPSA) is 27.8 Å². The van der Waals surface area contributed by atoms with E-state index in [1.54, 1.807) is 0 Å². The van der Waals surface area contributed by atoms with Gasteiger partial charge in [0, 0.05) is 27.1 Å². The van der Waals surface area contributed by atoms with E-state index in [-0.39, 0.29) is 0 Å². The van der Waals surface area contributed by atoms with Crippen LogP contribution in [-0.2, 0) is 6.42 Å². The van der Waals surface area contributed by atoms with E-state index >= 15 is 0 Å². The zero-order valence-electron chi connectivity index (χ0n) is 10.0. The molecule has 1 aromatic heterocycles. The molecule has 0 radical (unpaired) electrons. The Morgan fingerprint density at radius 1 is 1.35 bits per heavy atom. The van der Waals surface area contributed by atoms with E-state index < -0.39 is 0 Å². The summed E-state index contributed by atoms with van der Waals surface area (Å²) in [4.78, 5) is 3.59. The first kappa shape index (κ1) is 11.3. The molecule has 0 amide bonds. The van der Waals surface area contributed by atoms with Crippen LogP contribution in [0.15, 0.2) is 22.7 Å². The van der Waals surface area contributed by atoms with E-state index in [0.717, 1.165) is 4.47 Å². The first-order valence-electron chi connectivity index (χ1n) is 6.27. The molecule has 0 spiro atoms. The number of H-pyrrole nitrogens is 1. The summed E-state index contributed by atoms with van der Waals surface area (Å²) in [5, 5.41) is 4.83. The number of halogens is 1. The van der Waals surface area contributed by atoms with E-state index in [1.165, 1.54) is 47.8 Å². The number of aromatic amines is 1. The van der Waals surface area contributed by atoms with Gasteiger partial charge in [-0.3, -0.25) is 0 Å². The maximum Gasteiger partial charge on any atom is 0.0460 e. The van der Waals surface area contributed by atoms with Gasteiger partial charge in [-0.15, -0.1) is 0 Å². The van der Waals surface area contributed by atoms with Gasteiger partial charge in [0.15, 0.2) is 0 Å². The third-order valence-electron chi connectivity index (χ3n) is 3.75. The van der Waals surface area contributed by atoms with Crippen LogP contribution in [0.2, 0.25) is 0 Å². The highest BCUT2D eigenvalue weighted by Gasteiger charge is 2.21. The molecule has 0 saturated carbocycles. The SMILES string of the molecule is CNC1CCCCc2[nH]c3ccc(Br)cc3c21. The van der Waals surface area contributed by atoms with Crippen LogP contribution in [0, 0.1) is 0 Å². The standard InChI is InChI=1S/C14H17BrN2/c1-16-12-4-2-3-5-13-14(12)10-8-9(15)6-7-11(10)17-13/h6-8,12,16-17H,2-5H2,1H3. The van der Waals surface area contributed by atoms with Crippen LogP contribution in [-0.4, -0.2) is 12.0 Å². The predicted octanol–water partition coefficient (Wildman–Crippen LogP) is 3.92. The van der Waals surface area contributed by atoms with Crippen LogP contribution in [0.5, 0.6) is 0 Å². The summed E-state index contributed by atoms with van der Waals surface area (Å²) in [6.07, 6.45) is 5.02. The zero-order valence-corrected chi connectivity index (χ0v) is 11.6. The van der Waals surface area contributed by atoms with Crippen molar-refractivity contribution in [1.82, 2.24) is 10.3 Å². The molecule has 1 atom stereocenters. The van der Waals surface area contributed by atoms with Crippen LogP contribution in [0.3, 0.4) is 0 Å². The lowest BCUT2D eigenvalue weighted by Gasteiger charge is -2.14. The van der Waals surface area contributed by atoms with E-state index in [1.807, 2.05) is 0 Å². The minimum absolute atomic E-state index is 0.496. The van der Waals surface area contributed by atoms with Gasteiger partial charge in [0.25, 0.3) is 0 Å². The summed E-state index contributed by atoms with van der Waals surface area (Å²) >= 11 is 3.57. The minimum Gasteiger partial charge on any atom is -0.358 e. The first-order valence-corrected chi connectivity index (χ1v) is 7.06. The maximum absolute atomic E-state index is 3.59. The predicted molar refractivity (Wildman–Crippen MR) is 75.4 cm³/mol. The van der Waals surface area contributed by atoms with Gasteiger partial charge in [0.2, 0.25) is 0 Å². The molecule has 0 saturated heterocycles. The molecule has 1 heterocycles. The van der Waals surface area contributed by atoms with Gasteiger partial charge in [0.05, 0.1) is 0 Å². The molecule has 0 aliphatic heterocycles. The first-order chi connectivity index (χ1) is 8.29. The maximum atomic E-state index is 3.59. The van der Waals surface area contributed by atoms with Gasteiger partial charge in [-0.1, -0.05) is 22.4 Å². The lowest BCUT2D eigenvalue weighted by molar-refractivity contribution is 0.536. The van der Waals surface area contributed by atoms with Crippen molar-refractivity contribution in [3.63, 3.8) is 0 Å². The van der Waals surface area contributed by atoms with Crippen molar-refractivity contribution in [2.75, 3.05) is 7.05 Å². The number of benzene rings is 1. The lowest BCUT2D eigenvalue weighted by atomic mass is 10.0. The van der Waals surface area contributed by atoms with Crippen LogP contribution >= 0.6 is 15.9 Å². The van der Waals surface area contributed by atoms with Crippen molar-refractivity contribution in [3.05, 3.63) is 33.9 Å². The van der Waals surface area contributed by atoms with Crippen molar-refractivity contribution >= 4 is 26.8 Å². The molecule has 17 heavy (non-hydrogen) atoms. The van der Waals surface area contributed by atoms with Gasteiger partial charge in [0.1, 0.15) is 0 Å². The third kappa shape index (κ3) is 1.91. The summed E-state index contributed by atoms with van der Waals surface area (Å²) < 4.78 is 1.16. The second-order valence-electron chi connectivity index (χ2n) is 4.79. The highest BCUT2D eigenvalue weighted by atomic mass is 79.9. The Morgan fingerprint density at radius 2 is 2.24 bits per heavy atom. The Bertz CT molecular complexity index is 544. The molecule has 1 aliphatic rings. The summed E-state index contributed by atoms with van der Waals surface area (Å²) in [6.45, 7) is 0. The molecule has 0 bridgehead atoms. The molecule has 2 N–H and O–H groups in total. The molecule has 0 fully saturated rings. The van der Waals surface area contributed by atoms with Crippen molar-refractivity contribution in [2.45, 2.75) is 31.7 Å². The fourth-order valence-electron chi connectivity index (χ4n) is 2.92. The molecule has 1 unspecified atom stereocenters. The zero-order chi connectivity index (χ0) is 11.8. The van der Waals surface area contributed by atoms with Gasteiger partial charge in [-0.2, -0.15) is 0 Å². The second-order valence-corrected chi connectivity index (χ2v) is 5.71. The van der Waals surface area contributed by atoms with Crippen LogP contribution < -0.4 is 5.32 Å².